The number of hydrogen-bond acceptors (Lipinski definition) is 6. The van der Waals surface area contributed by atoms with Gasteiger partial charge in [0.15, 0.2) is 11.6 Å². The van der Waals surface area contributed by atoms with Crippen LogP contribution < -0.4 is 0 Å². The summed E-state index contributed by atoms with van der Waals surface area (Å²) in [4.78, 5) is 25.3. The van der Waals surface area contributed by atoms with Gasteiger partial charge in [0.1, 0.15) is 17.7 Å². The first-order valence-corrected chi connectivity index (χ1v) is 9.00. The summed E-state index contributed by atoms with van der Waals surface area (Å²) in [5, 5.41) is 0. The summed E-state index contributed by atoms with van der Waals surface area (Å²) in [7, 11) is 0. The highest BCUT2D eigenvalue weighted by Gasteiger charge is 2.12. The Kier molecular flexibility index (Phi) is 5.37. The van der Waals surface area contributed by atoms with Gasteiger partial charge in [0, 0.05) is 43.7 Å². The van der Waals surface area contributed by atoms with Crippen LogP contribution in [0.4, 0.5) is 4.39 Å². The predicted molar refractivity (Wildman–Crippen MR) is 101 cm³/mol. The van der Waals surface area contributed by atoms with Crippen LogP contribution in [0, 0.1) is 5.82 Å². The molecule has 0 aliphatic carbocycles. The Labute approximate surface area is 161 Å². The molecule has 0 spiro atoms. The molecule has 4 rings (SSSR count). The Morgan fingerprint density at radius 2 is 1.82 bits per heavy atom. The number of imidazole rings is 1. The Hall–Kier alpha value is -3.55. The number of aryl methyl sites for hydroxylation is 2. The van der Waals surface area contributed by atoms with E-state index >= 15 is 0 Å². The first-order chi connectivity index (χ1) is 13.8. The second-order valence-electron chi connectivity index (χ2n) is 6.22. The van der Waals surface area contributed by atoms with Gasteiger partial charge in [0.2, 0.25) is 0 Å². The van der Waals surface area contributed by atoms with Gasteiger partial charge >= 0.3 is 0 Å². The number of pyridine rings is 1. The maximum Gasteiger partial charge on any atom is 0.161 e. The van der Waals surface area contributed by atoms with Crippen molar-refractivity contribution in [2.45, 2.75) is 25.8 Å². The zero-order valence-corrected chi connectivity index (χ0v) is 15.1. The van der Waals surface area contributed by atoms with Gasteiger partial charge in [-0.05, 0) is 37.0 Å². The van der Waals surface area contributed by atoms with Crippen molar-refractivity contribution in [3.8, 4) is 22.9 Å². The van der Waals surface area contributed by atoms with E-state index in [1.54, 1.807) is 37.1 Å². The molecule has 0 aliphatic heterocycles. The molecule has 0 saturated heterocycles. The van der Waals surface area contributed by atoms with Crippen LogP contribution in [0.2, 0.25) is 0 Å². The molecule has 7 nitrogen and oxygen atoms in total. The lowest BCUT2D eigenvalue weighted by Gasteiger charge is -2.09. The molecule has 4 aromatic rings. The maximum atomic E-state index is 14.0. The number of halogens is 1. The van der Waals surface area contributed by atoms with Crippen molar-refractivity contribution in [1.82, 2.24) is 34.5 Å². The largest absolute Gasteiger partial charge is 0.330 e. The molecule has 0 bridgehead atoms. The van der Waals surface area contributed by atoms with Crippen LogP contribution in [-0.4, -0.2) is 34.5 Å². The lowest BCUT2D eigenvalue weighted by molar-refractivity contribution is 0.599. The minimum absolute atomic E-state index is 0.272. The third-order valence-electron chi connectivity index (χ3n) is 4.37. The Bertz CT molecular complexity index is 1050. The fourth-order valence-electron chi connectivity index (χ4n) is 3.05. The van der Waals surface area contributed by atoms with Crippen molar-refractivity contribution in [2.24, 2.45) is 0 Å². The van der Waals surface area contributed by atoms with E-state index in [2.05, 4.69) is 29.9 Å². The summed E-state index contributed by atoms with van der Waals surface area (Å²) in [6.07, 6.45) is 16.0. The molecule has 0 aliphatic rings. The molecule has 0 radical (unpaired) electrons. The van der Waals surface area contributed by atoms with Crippen LogP contribution in [0.25, 0.3) is 22.9 Å². The highest BCUT2D eigenvalue weighted by Crippen LogP contribution is 2.21. The number of hydrogen-bond donors (Lipinski definition) is 0. The molecule has 4 heterocycles. The van der Waals surface area contributed by atoms with E-state index in [0.29, 0.717) is 5.82 Å². The first kappa shape index (κ1) is 17.8. The van der Waals surface area contributed by atoms with Crippen molar-refractivity contribution in [3.05, 3.63) is 73.2 Å². The zero-order valence-electron chi connectivity index (χ0n) is 15.1. The van der Waals surface area contributed by atoms with E-state index in [9.17, 15) is 4.39 Å². The van der Waals surface area contributed by atoms with Crippen molar-refractivity contribution in [1.29, 1.82) is 0 Å². The van der Waals surface area contributed by atoms with Gasteiger partial charge in [-0.2, -0.15) is 0 Å². The molecule has 4 aromatic heterocycles. The van der Waals surface area contributed by atoms with Gasteiger partial charge in [-0.15, -0.1) is 0 Å². The molecule has 0 N–H and O–H groups in total. The quantitative estimate of drug-likeness (QED) is 0.461. The van der Waals surface area contributed by atoms with E-state index in [-0.39, 0.29) is 11.5 Å². The van der Waals surface area contributed by atoms with Crippen molar-refractivity contribution < 1.29 is 4.39 Å². The maximum absolute atomic E-state index is 14.0. The Morgan fingerprint density at radius 3 is 2.68 bits per heavy atom. The smallest absolute Gasteiger partial charge is 0.161 e. The highest BCUT2D eigenvalue weighted by molar-refractivity contribution is 5.56. The van der Waals surface area contributed by atoms with Crippen LogP contribution in [0.15, 0.2) is 61.8 Å². The molecular weight excluding hydrogens is 357 g/mol. The van der Waals surface area contributed by atoms with Crippen LogP contribution in [-0.2, 0) is 13.0 Å². The van der Waals surface area contributed by atoms with Gasteiger partial charge in [-0.3, -0.25) is 9.97 Å². The number of aromatic nitrogens is 7. The number of nitrogens with zero attached hydrogens (tertiary/aromatic N) is 7. The van der Waals surface area contributed by atoms with Gasteiger partial charge < -0.3 is 4.57 Å². The molecule has 28 heavy (non-hydrogen) atoms. The fraction of sp³-hybridized carbons (Fsp3) is 0.200. The molecule has 0 unspecified atom stereocenters. The molecule has 140 valence electrons. The molecule has 0 fully saturated rings. The summed E-state index contributed by atoms with van der Waals surface area (Å²) in [6.45, 7) is 0.722. The minimum atomic E-state index is -0.370. The van der Waals surface area contributed by atoms with Gasteiger partial charge in [0.25, 0.3) is 0 Å². The number of rotatable bonds is 7. The summed E-state index contributed by atoms with van der Waals surface area (Å²) >= 11 is 0. The summed E-state index contributed by atoms with van der Waals surface area (Å²) < 4.78 is 15.9. The van der Waals surface area contributed by atoms with E-state index < -0.39 is 0 Å². The summed E-state index contributed by atoms with van der Waals surface area (Å²) in [5.74, 6) is 0.173. The predicted octanol–water partition coefficient (Wildman–Crippen LogP) is 3.35. The lowest BCUT2D eigenvalue weighted by atomic mass is 10.1. The Balaban J connectivity index is 1.41. The number of unbranched alkanes of at least 4 members (excludes halogenated alkanes) is 1. The monoisotopic (exact) mass is 375 g/mol. The van der Waals surface area contributed by atoms with Crippen molar-refractivity contribution in [3.63, 3.8) is 0 Å². The van der Waals surface area contributed by atoms with Crippen LogP contribution in [0.1, 0.15) is 18.4 Å². The minimum Gasteiger partial charge on any atom is -0.330 e. The van der Waals surface area contributed by atoms with E-state index in [0.717, 1.165) is 42.8 Å². The van der Waals surface area contributed by atoms with Gasteiger partial charge in [-0.25, -0.2) is 24.3 Å². The second-order valence-corrected chi connectivity index (χ2v) is 6.22. The van der Waals surface area contributed by atoms with Crippen LogP contribution >= 0.6 is 0 Å². The Morgan fingerprint density at radius 1 is 0.857 bits per heavy atom. The van der Waals surface area contributed by atoms with Gasteiger partial charge in [-0.1, -0.05) is 0 Å². The molecular formula is C20H18FN7. The summed E-state index contributed by atoms with van der Waals surface area (Å²) in [5.41, 5.74) is 2.85. The molecule has 0 atom stereocenters. The average molecular weight is 375 g/mol. The van der Waals surface area contributed by atoms with Crippen molar-refractivity contribution in [2.75, 3.05) is 0 Å². The van der Waals surface area contributed by atoms with Crippen LogP contribution in [0.5, 0.6) is 0 Å². The van der Waals surface area contributed by atoms with E-state index in [1.807, 2.05) is 17.0 Å². The van der Waals surface area contributed by atoms with Gasteiger partial charge in [0.05, 0.1) is 11.9 Å². The lowest BCUT2D eigenvalue weighted by Crippen LogP contribution is -2.03. The summed E-state index contributed by atoms with van der Waals surface area (Å²) in [6, 6.07) is 2.97. The molecule has 0 aromatic carbocycles. The SMILES string of the molecule is Fc1cccnc1-c1nccn1CCCCc1cncnc1-c1cnccn1. The molecule has 0 saturated carbocycles. The van der Waals surface area contributed by atoms with E-state index in [4.69, 9.17) is 0 Å². The molecule has 8 heteroatoms. The normalized spacial score (nSPS) is 10.9. The zero-order chi connectivity index (χ0) is 19.2. The highest BCUT2D eigenvalue weighted by atomic mass is 19.1. The topological polar surface area (TPSA) is 82.3 Å². The van der Waals surface area contributed by atoms with Crippen molar-refractivity contribution >= 4 is 0 Å². The third-order valence-corrected chi connectivity index (χ3v) is 4.37. The second kappa shape index (κ2) is 8.43. The third kappa shape index (κ3) is 3.90. The first-order valence-electron chi connectivity index (χ1n) is 9.00. The standard InChI is InChI=1S/C20H18FN7/c21-16-5-3-6-25-19(16)20-26-9-11-28(20)10-2-1-4-15-12-23-14-27-18(15)17-13-22-7-8-24-17/h3,5-9,11-14H,1-2,4,10H2. The fourth-order valence-corrected chi connectivity index (χ4v) is 3.05. The molecule has 0 amide bonds. The average Bonchev–Trinajstić information content (AvgIpc) is 3.21. The van der Waals surface area contributed by atoms with E-state index in [1.165, 1.54) is 12.4 Å². The van der Waals surface area contributed by atoms with Crippen LogP contribution in [0.3, 0.4) is 0 Å².